The molecule has 1 rings (SSSR count). The van der Waals surface area contributed by atoms with Gasteiger partial charge in [-0.05, 0) is 12.6 Å². The summed E-state index contributed by atoms with van der Waals surface area (Å²) in [6.45, 7) is 7.40. The molecule has 0 aromatic heterocycles. The van der Waals surface area contributed by atoms with E-state index in [9.17, 15) is 9.59 Å². The molecule has 16 heavy (non-hydrogen) atoms. The number of likely N-dealkylation sites (tertiary alicyclic amines) is 1. The molecule has 5 heteroatoms. The maximum Gasteiger partial charge on any atom is 0.331 e. The van der Waals surface area contributed by atoms with Gasteiger partial charge in [-0.2, -0.15) is 0 Å². The summed E-state index contributed by atoms with van der Waals surface area (Å²) >= 11 is 0. The molecule has 0 saturated carbocycles. The summed E-state index contributed by atoms with van der Waals surface area (Å²) in [5.41, 5.74) is 0.0486. The van der Waals surface area contributed by atoms with Crippen LogP contribution in [-0.2, 0) is 9.59 Å². The molecule has 0 unspecified atom stereocenters. The van der Waals surface area contributed by atoms with Crippen LogP contribution < -0.4 is 0 Å². The summed E-state index contributed by atoms with van der Waals surface area (Å²) in [4.78, 5) is 22.2. The van der Waals surface area contributed by atoms with E-state index in [4.69, 9.17) is 10.2 Å². The van der Waals surface area contributed by atoms with Crippen molar-refractivity contribution in [1.29, 1.82) is 0 Å². The molecule has 1 aliphatic heterocycles. The number of aliphatic hydroxyl groups excluding tert-OH is 1. The fourth-order valence-electron chi connectivity index (χ4n) is 1.10. The van der Waals surface area contributed by atoms with Crippen LogP contribution in [0.15, 0.2) is 24.9 Å². The van der Waals surface area contributed by atoms with Crippen molar-refractivity contribution < 1.29 is 19.8 Å². The highest BCUT2D eigenvalue weighted by molar-refractivity contribution is 5.85. The second-order valence-corrected chi connectivity index (χ2v) is 3.26. The van der Waals surface area contributed by atoms with Crippen molar-refractivity contribution in [3.8, 4) is 0 Å². The maximum absolute atomic E-state index is 10.7. The molecular formula is C11H17NO4. The number of carboxylic acid groups (broad SMARTS) is 1. The lowest BCUT2D eigenvalue weighted by Crippen LogP contribution is -2.16. The lowest BCUT2D eigenvalue weighted by atomic mass is 10.2. The molecule has 5 nitrogen and oxygen atoms in total. The molecule has 1 amide bonds. The Hall–Kier alpha value is -1.62. The molecule has 0 aromatic rings. The van der Waals surface area contributed by atoms with Gasteiger partial charge in [-0.3, -0.25) is 4.79 Å². The summed E-state index contributed by atoms with van der Waals surface area (Å²) in [5, 5.41) is 16.3. The number of hydrogen-bond donors (Lipinski definition) is 2. The summed E-state index contributed by atoms with van der Waals surface area (Å²) in [7, 11) is 0. The quantitative estimate of drug-likeness (QED) is 0.695. The first-order chi connectivity index (χ1) is 7.52. The lowest BCUT2D eigenvalue weighted by molar-refractivity contribution is -0.133. The predicted octanol–water partition coefficient (Wildman–Crippen LogP) is 0.762. The van der Waals surface area contributed by atoms with E-state index in [1.807, 2.05) is 0 Å². The van der Waals surface area contributed by atoms with Gasteiger partial charge in [-0.15, -0.1) is 0 Å². The standard InChI is InChI=1S/C6H9NO.C5H8O3/c1-2-7-5-3-4-6(7)8;1-4(2-3-6)5(7)8/h2H,1,3-5H2;6H,1-3H2,(H,7,8). The minimum atomic E-state index is -1.04. The van der Waals surface area contributed by atoms with E-state index < -0.39 is 5.97 Å². The third-order valence-corrected chi connectivity index (χ3v) is 2.05. The monoisotopic (exact) mass is 227 g/mol. The zero-order chi connectivity index (χ0) is 12.6. The number of carboxylic acids is 1. The number of nitrogens with zero attached hydrogens (tertiary/aromatic N) is 1. The minimum absolute atomic E-state index is 0.0486. The predicted molar refractivity (Wildman–Crippen MR) is 59.6 cm³/mol. The molecule has 0 atom stereocenters. The van der Waals surface area contributed by atoms with Crippen LogP contribution in [0.2, 0.25) is 0 Å². The van der Waals surface area contributed by atoms with Gasteiger partial charge in [0.1, 0.15) is 0 Å². The summed E-state index contributed by atoms with van der Waals surface area (Å²) < 4.78 is 0. The molecule has 0 radical (unpaired) electrons. The van der Waals surface area contributed by atoms with E-state index in [0.717, 1.165) is 13.0 Å². The minimum Gasteiger partial charge on any atom is -0.478 e. The second-order valence-electron chi connectivity index (χ2n) is 3.26. The van der Waals surface area contributed by atoms with Gasteiger partial charge < -0.3 is 15.1 Å². The highest BCUT2D eigenvalue weighted by Crippen LogP contribution is 2.08. The molecule has 0 aromatic carbocycles. The van der Waals surface area contributed by atoms with Gasteiger partial charge in [-0.1, -0.05) is 13.2 Å². The van der Waals surface area contributed by atoms with Crippen LogP contribution in [0.25, 0.3) is 0 Å². The number of aliphatic carboxylic acids is 1. The normalized spacial score (nSPS) is 14.1. The number of rotatable bonds is 4. The molecule has 90 valence electrons. The van der Waals surface area contributed by atoms with Crippen molar-refractivity contribution in [3.63, 3.8) is 0 Å². The number of carbonyl (C=O) groups excluding carboxylic acids is 1. The van der Waals surface area contributed by atoms with Crippen LogP contribution in [0.5, 0.6) is 0 Å². The maximum atomic E-state index is 10.7. The summed E-state index contributed by atoms with van der Waals surface area (Å²) in [6, 6.07) is 0. The summed E-state index contributed by atoms with van der Waals surface area (Å²) in [5.74, 6) is -0.834. The lowest BCUT2D eigenvalue weighted by Gasteiger charge is -2.05. The molecule has 1 fully saturated rings. The largest absolute Gasteiger partial charge is 0.478 e. The Morgan fingerprint density at radius 3 is 2.38 bits per heavy atom. The van der Waals surface area contributed by atoms with Crippen LogP contribution in [0.4, 0.5) is 0 Å². The smallest absolute Gasteiger partial charge is 0.331 e. The molecule has 1 aliphatic rings. The van der Waals surface area contributed by atoms with E-state index in [-0.39, 0.29) is 24.5 Å². The number of carbonyl (C=O) groups is 2. The SMILES string of the molecule is C=C(CCO)C(=O)O.C=CN1CCCC1=O. The Labute approximate surface area is 94.7 Å². The van der Waals surface area contributed by atoms with Gasteiger partial charge in [0.15, 0.2) is 0 Å². The number of aliphatic hydroxyl groups is 1. The molecular weight excluding hydrogens is 210 g/mol. The average Bonchev–Trinajstić information content (AvgIpc) is 2.65. The van der Waals surface area contributed by atoms with E-state index in [1.165, 1.54) is 0 Å². The Balaban J connectivity index is 0.000000281. The Bertz CT molecular complexity index is 286. The van der Waals surface area contributed by atoms with E-state index in [2.05, 4.69) is 13.2 Å². The van der Waals surface area contributed by atoms with Gasteiger partial charge in [-0.25, -0.2) is 4.79 Å². The van der Waals surface area contributed by atoms with Gasteiger partial charge in [0.25, 0.3) is 0 Å². The first-order valence-corrected chi connectivity index (χ1v) is 4.97. The fraction of sp³-hybridized carbons (Fsp3) is 0.455. The van der Waals surface area contributed by atoms with Crippen molar-refractivity contribution >= 4 is 11.9 Å². The average molecular weight is 227 g/mol. The van der Waals surface area contributed by atoms with Gasteiger partial charge in [0.2, 0.25) is 5.91 Å². The van der Waals surface area contributed by atoms with Gasteiger partial charge in [0, 0.05) is 31.6 Å². The van der Waals surface area contributed by atoms with E-state index in [1.54, 1.807) is 11.1 Å². The van der Waals surface area contributed by atoms with Crippen molar-refractivity contribution in [3.05, 3.63) is 24.9 Å². The van der Waals surface area contributed by atoms with Crippen LogP contribution in [0.3, 0.4) is 0 Å². The van der Waals surface area contributed by atoms with Crippen LogP contribution in [-0.4, -0.2) is 40.1 Å². The van der Waals surface area contributed by atoms with Crippen molar-refractivity contribution in [2.24, 2.45) is 0 Å². The molecule has 0 aliphatic carbocycles. The molecule has 1 heterocycles. The first-order valence-electron chi connectivity index (χ1n) is 4.97. The van der Waals surface area contributed by atoms with Crippen molar-refractivity contribution in [2.75, 3.05) is 13.2 Å². The third-order valence-electron chi connectivity index (χ3n) is 2.05. The van der Waals surface area contributed by atoms with Crippen molar-refractivity contribution in [2.45, 2.75) is 19.3 Å². The molecule has 0 bridgehead atoms. The number of amides is 1. The van der Waals surface area contributed by atoms with Crippen LogP contribution in [0.1, 0.15) is 19.3 Å². The zero-order valence-electron chi connectivity index (χ0n) is 9.19. The highest BCUT2D eigenvalue weighted by atomic mass is 16.4. The topological polar surface area (TPSA) is 77.8 Å². The van der Waals surface area contributed by atoms with Gasteiger partial charge in [0.05, 0.1) is 0 Å². The Morgan fingerprint density at radius 2 is 2.19 bits per heavy atom. The first kappa shape index (κ1) is 14.4. The Morgan fingerprint density at radius 1 is 1.56 bits per heavy atom. The van der Waals surface area contributed by atoms with Crippen molar-refractivity contribution in [1.82, 2.24) is 4.90 Å². The molecule has 2 N–H and O–H groups in total. The highest BCUT2D eigenvalue weighted by Gasteiger charge is 2.15. The molecule has 0 spiro atoms. The van der Waals surface area contributed by atoms with E-state index >= 15 is 0 Å². The zero-order valence-corrected chi connectivity index (χ0v) is 9.19. The Kier molecular flexibility index (Phi) is 6.87. The van der Waals surface area contributed by atoms with Gasteiger partial charge >= 0.3 is 5.97 Å². The van der Waals surface area contributed by atoms with Crippen LogP contribution >= 0.6 is 0 Å². The summed E-state index contributed by atoms with van der Waals surface area (Å²) in [6.07, 6.45) is 3.43. The van der Waals surface area contributed by atoms with Crippen LogP contribution in [0, 0.1) is 0 Å². The molecule has 1 saturated heterocycles. The van der Waals surface area contributed by atoms with E-state index in [0.29, 0.717) is 6.42 Å². The third kappa shape index (κ3) is 5.31. The fourth-order valence-corrected chi connectivity index (χ4v) is 1.10. The second kappa shape index (κ2) is 7.64. The number of hydrogen-bond acceptors (Lipinski definition) is 3.